The second-order valence-electron chi connectivity index (χ2n) is 14.4. The summed E-state index contributed by atoms with van der Waals surface area (Å²) in [4.78, 5) is 0. The first-order valence-corrected chi connectivity index (χ1v) is 16.1. The molecule has 0 radical (unpaired) electrons. The molecular weight excluding hydrogens is 512 g/mol. The first-order valence-electron chi connectivity index (χ1n) is 16.1. The maximum Gasteiger partial charge on any atom is 0.0608 e. The Balaban J connectivity index is 1.81. The number of hydrogen-bond donors (Lipinski definition) is 2. The van der Waals surface area contributed by atoms with E-state index < -0.39 is 0 Å². The van der Waals surface area contributed by atoms with E-state index in [1.807, 2.05) is 0 Å². The molecule has 0 fully saturated rings. The van der Waals surface area contributed by atoms with Crippen molar-refractivity contribution in [2.45, 2.75) is 126 Å². The largest absolute Gasteiger partial charge is 0.393 e. The third-order valence-corrected chi connectivity index (χ3v) is 9.15. The van der Waals surface area contributed by atoms with Crippen LogP contribution in [0.4, 0.5) is 0 Å². The van der Waals surface area contributed by atoms with Gasteiger partial charge in [0, 0.05) is 5.92 Å². The third kappa shape index (κ3) is 12.1. The lowest BCUT2D eigenvalue weighted by Crippen LogP contribution is -2.32. The first kappa shape index (κ1) is 35.8. The van der Waals surface area contributed by atoms with Crippen LogP contribution in [-0.2, 0) is 0 Å². The Morgan fingerprint density at radius 2 is 1.29 bits per heavy atom. The van der Waals surface area contributed by atoms with Gasteiger partial charge >= 0.3 is 0 Å². The summed E-state index contributed by atoms with van der Waals surface area (Å²) in [6.45, 7) is 22.0. The summed E-state index contributed by atoms with van der Waals surface area (Å²) in [5.41, 5.74) is 9.77. The van der Waals surface area contributed by atoms with Crippen LogP contribution in [0.15, 0.2) is 106 Å². The molecule has 0 saturated carbocycles. The van der Waals surface area contributed by atoms with Crippen molar-refractivity contribution in [2.75, 3.05) is 0 Å². The van der Waals surface area contributed by atoms with Crippen molar-refractivity contribution in [3.8, 4) is 0 Å². The minimum Gasteiger partial charge on any atom is -0.393 e. The average Bonchev–Trinajstić information content (AvgIpc) is 2.86. The van der Waals surface area contributed by atoms with Crippen LogP contribution in [0.2, 0.25) is 0 Å². The lowest BCUT2D eigenvalue weighted by Gasteiger charge is -2.37. The lowest BCUT2D eigenvalue weighted by atomic mass is 9.70. The Bertz CT molecular complexity index is 1190. The normalized spacial score (nSPS) is 26.2. The van der Waals surface area contributed by atoms with Gasteiger partial charge in [0.1, 0.15) is 0 Å². The zero-order valence-electron chi connectivity index (χ0n) is 28.4. The summed E-state index contributed by atoms with van der Waals surface area (Å²) in [6.07, 6.45) is 30.2. The van der Waals surface area contributed by atoms with Gasteiger partial charge in [0.2, 0.25) is 0 Å². The van der Waals surface area contributed by atoms with Gasteiger partial charge < -0.3 is 10.2 Å². The van der Waals surface area contributed by atoms with E-state index in [4.69, 9.17) is 0 Å². The summed E-state index contributed by atoms with van der Waals surface area (Å²) in [6, 6.07) is 0. The maximum atomic E-state index is 10.2. The van der Waals surface area contributed by atoms with Gasteiger partial charge in [-0.15, -0.1) is 0 Å². The molecule has 2 aliphatic rings. The van der Waals surface area contributed by atoms with Crippen molar-refractivity contribution in [2.24, 2.45) is 16.7 Å². The predicted octanol–water partition coefficient (Wildman–Crippen LogP) is 10.9. The SMILES string of the molecule is CC1=C(CC/C(C)=C/C=C/C(C)=C/C=C/C=C(C)/C=C/C=C(\C)CCC2=C[C@H](C)[C@H](O)CC2(C)C)C(C)(C)C[C@@H](O)C1. The average molecular weight is 573 g/mol. The van der Waals surface area contributed by atoms with Gasteiger partial charge in [0.05, 0.1) is 12.2 Å². The topological polar surface area (TPSA) is 40.5 Å². The molecule has 2 heteroatoms. The minimum absolute atomic E-state index is 0.0852. The zero-order chi connectivity index (χ0) is 31.5. The first-order chi connectivity index (χ1) is 19.6. The summed E-state index contributed by atoms with van der Waals surface area (Å²) < 4.78 is 0. The van der Waals surface area contributed by atoms with Gasteiger partial charge in [0.25, 0.3) is 0 Å². The van der Waals surface area contributed by atoms with Gasteiger partial charge in [-0.1, -0.05) is 140 Å². The Morgan fingerprint density at radius 3 is 1.81 bits per heavy atom. The van der Waals surface area contributed by atoms with Crippen molar-refractivity contribution in [3.05, 3.63) is 106 Å². The Morgan fingerprint density at radius 1 is 0.762 bits per heavy atom. The van der Waals surface area contributed by atoms with Crippen molar-refractivity contribution in [1.82, 2.24) is 0 Å². The summed E-state index contributed by atoms with van der Waals surface area (Å²) in [7, 11) is 0. The fraction of sp³-hybridized carbons (Fsp3) is 0.550. The molecule has 0 spiro atoms. The van der Waals surface area contributed by atoms with E-state index in [9.17, 15) is 10.2 Å². The molecule has 2 N–H and O–H groups in total. The Kier molecular flexibility index (Phi) is 14.0. The van der Waals surface area contributed by atoms with E-state index in [0.29, 0.717) is 0 Å². The molecule has 0 aromatic heterocycles. The predicted molar refractivity (Wildman–Crippen MR) is 184 cm³/mol. The quantitative estimate of drug-likeness (QED) is 0.180. The van der Waals surface area contributed by atoms with Crippen LogP contribution in [0.5, 0.6) is 0 Å². The van der Waals surface area contributed by atoms with Crippen LogP contribution in [0.3, 0.4) is 0 Å². The van der Waals surface area contributed by atoms with E-state index in [1.54, 1.807) is 0 Å². The highest BCUT2D eigenvalue weighted by atomic mass is 16.3. The molecule has 0 bridgehead atoms. The number of rotatable bonds is 12. The highest BCUT2D eigenvalue weighted by Crippen LogP contribution is 2.43. The molecule has 0 saturated heterocycles. The van der Waals surface area contributed by atoms with Crippen molar-refractivity contribution in [3.63, 3.8) is 0 Å². The van der Waals surface area contributed by atoms with Crippen LogP contribution in [0.1, 0.15) is 114 Å². The summed E-state index contributed by atoms with van der Waals surface area (Å²) in [5, 5.41) is 20.3. The van der Waals surface area contributed by atoms with Crippen LogP contribution in [0, 0.1) is 16.7 Å². The fourth-order valence-electron chi connectivity index (χ4n) is 6.38. The fourth-order valence-corrected chi connectivity index (χ4v) is 6.38. The van der Waals surface area contributed by atoms with E-state index in [0.717, 1.165) is 44.9 Å². The van der Waals surface area contributed by atoms with E-state index in [-0.39, 0.29) is 29.0 Å². The molecule has 2 rings (SSSR count). The van der Waals surface area contributed by atoms with Gasteiger partial charge in [-0.25, -0.2) is 0 Å². The molecule has 0 aromatic carbocycles. The molecule has 0 unspecified atom stereocenters. The number of aliphatic hydroxyl groups excluding tert-OH is 2. The number of allylic oxidation sites excluding steroid dienone is 16. The van der Waals surface area contributed by atoms with Crippen molar-refractivity contribution >= 4 is 0 Å². The van der Waals surface area contributed by atoms with Crippen LogP contribution in [-0.4, -0.2) is 22.4 Å². The number of hydrogen-bond acceptors (Lipinski definition) is 2. The maximum absolute atomic E-state index is 10.2. The summed E-state index contributed by atoms with van der Waals surface area (Å²) in [5.74, 6) is 0.253. The molecule has 3 atom stereocenters. The molecule has 0 amide bonds. The highest BCUT2D eigenvalue weighted by molar-refractivity contribution is 5.31. The van der Waals surface area contributed by atoms with Gasteiger partial charge in [-0.05, 0) is 90.4 Å². The molecule has 42 heavy (non-hydrogen) atoms. The van der Waals surface area contributed by atoms with Gasteiger partial charge in [0.15, 0.2) is 0 Å². The molecule has 2 aliphatic carbocycles. The summed E-state index contributed by atoms with van der Waals surface area (Å²) >= 11 is 0. The Hall–Kier alpha value is -2.42. The minimum atomic E-state index is -0.218. The molecule has 0 aromatic rings. The monoisotopic (exact) mass is 572 g/mol. The van der Waals surface area contributed by atoms with Gasteiger partial charge in [-0.2, -0.15) is 0 Å². The lowest BCUT2D eigenvalue weighted by molar-refractivity contribution is 0.0816. The second-order valence-corrected chi connectivity index (χ2v) is 14.4. The standard InChI is InChI=1S/C40H60O2/c1-29(17-13-19-31(3)21-23-35-25-34(6)38(42)28-39(35,7)8)15-11-12-16-30(2)18-14-20-32(4)22-24-37-33(5)26-36(41)27-40(37,9)10/h11-20,25,34,36,38,41-42H,21-24,26-28H2,1-10H3/b12-11+,17-13+,18-14+,29-15+,30-16+,31-19+,32-20+/t34-,36-,38+/m0/s1. The number of aliphatic hydroxyl groups is 2. The van der Waals surface area contributed by atoms with Gasteiger partial charge in [-0.3, -0.25) is 0 Å². The molecule has 0 aliphatic heterocycles. The molecule has 0 heterocycles. The molecule has 232 valence electrons. The van der Waals surface area contributed by atoms with Crippen molar-refractivity contribution < 1.29 is 10.2 Å². The van der Waals surface area contributed by atoms with E-state index >= 15 is 0 Å². The van der Waals surface area contributed by atoms with E-state index in [1.165, 1.54) is 39.0 Å². The Labute approximate surface area is 258 Å². The highest BCUT2D eigenvalue weighted by Gasteiger charge is 2.33. The molecule has 2 nitrogen and oxygen atoms in total. The van der Waals surface area contributed by atoms with Crippen LogP contribution in [0.25, 0.3) is 0 Å². The third-order valence-electron chi connectivity index (χ3n) is 9.15. The smallest absolute Gasteiger partial charge is 0.0608 e. The van der Waals surface area contributed by atoms with Crippen molar-refractivity contribution in [1.29, 1.82) is 0 Å². The zero-order valence-corrected chi connectivity index (χ0v) is 28.4. The van der Waals surface area contributed by atoms with E-state index in [2.05, 4.69) is 136 Å². The molecular formula is C40H60O2. The van der Waals surface area contributed by atoms with Crippen LogP contribution < -0.4 is 0 Å². The second kappa shape index (κ2) is 16.4. The van der Waals surface area contributed by atoms with Crippen LogP contribution >= 0.6 is 0 Å².